The maximum absolute atomic E-state index is 13.1. The minimum Gasteiger partial charge on any atom is -0.454 e. The van der Waals surface area contributed by atoms with E-state index < -0.39 is 17.5 Å². The van der Waals surface area contributed by atoms with Crippen LogP contribution in [0.2, 0.25) is 0 Å². The van der Waals surface area contributed by atoms with Crippen molar-refractivity contribution < 1.29 is 23.9 Å². The van der Waals surface area contributed by atoms with Gasteiger partial charge in [-0.1, -0.05) is 36.4 Å². The molecule has 0 radical (unpaired) electrons. The van der Waals surface area contributed by atoms with E-state index in [-0.39, 0.29) is 25.7 Å². The van der Waals surface area contributed by atoms with Crippen molar-refractivity contribution >= 4 is 17.8 Å². The lowest BCUT2D eigenvalue weighted by Gasteiger charge is -2.24. The van der Waals surface area contributed by atoms with Crippen molar-refractivity contribution in [1.82, 2.24) is 15.1 Å². The molecule has 0 bridgehead atoms. The highest BCUT2D eigenvalue weighted by Gasteiger charge is 2.48. The van der Waals surface area contributed by atoms with Crippen LogP contribution in [0.15, 0.2) is 48.5 Å². The fraction of sp³-hybridized carbons (Fsp3) is 0.348. The summed E-state index contributed by atoms with van der Waals surface area (Å²) in [4.78, 5) is 41.1. The maximum Gasteiger partial charge on any atom is 0.325 e. The second-order valence-corrected chi connectivity index (χ2v) is 7.91. The fourth-order valence-corrected chi connectivity index (χ4v) is 3.89. The molecule has 0 saturated carbocycles. The lowest BCUT2D eigenvalue weighted by atomic mass is 9.92. The third-order valence-corrected chi connectivity index (χ3v) is 5.58. The highest BCUT2D eigenvalue weighted by molar-refractivity contribution is 6.08. The summed E-state index contributed by atoms with van der Waals surface area (Å²) in [5.41, 5.74) is 0.678. The molecule has 4 rings (SSSR count). The Bertz CT molecular complexity index is 1010. The van der Waals surface area contributed by atoms with Crippen LogP contribution in [-0.4, -0.2) is 53.1 Å². The Hall–Kier alpha value is -3.55. The Labute approximate surface area is 180 Å². The molecule has 0 spiro atoms. The summed E-state index contributed by atoms with van der Waals surface area (Å²) < 4.78 is 10.7. The molecule has 2 heterocycles. The first-order valence-electron chi connectivity index (χ1n) is 10.2. The average molecular weight is 423 g/mol. The molecular formula is C23H25N3O5. The molecule has 2 aliphatic rings. The van der Waals surface area contributed by atoms with E-state index >= 15 is 0 Å². The Morgan fingerprint density at radius 2 is 1.84 bits per heavy atom. The molecule has 1 saturated heterocycles. The predicted molar refractivity (Wildman–Crippen MR) is 112 cm³/mol. The maximum atomic E-state index is 13.1. The first-order chi connectivity index (χ1) is 14.9. The van der Waals surface area contributed by atoms with Crippen molar-refractivity contribution in [3.8, 4) is 11.5 Å². The highest BCUT2D eigenvalue weighted by Crippen LogP contribution is 2.34. The molecular weight excluding hydrogens is 398 g/mol. The zero-order chi connectivity index (χ0) is 22.0. The third kappa shape index (κ3) is 4.19. The van der Waals surface area contributed by atoms with Crippen LogP contribution >= 0.6 is 0 Å². The lowest BCUT2D eigenvalue weighted by Crippen LogP contribution is -2.47. The van der Waals surface area contributed by atoms with Crippen LogP contribution in [-0.2, 0) is 22.6 Å². The Morgan fingerprint density at radius 1 is 1.10 bits per heavy atom. The molecule has 162 valence electrons. The Morgan fingerprint density at radius 3 is 2.58 bits per heavy atom. The third-order valence-electron chi connectivity index (χ3n) is 5.58. The smallest absolute Gasteiger partial charge is 0.325 e. The molecule has 2 aromatic rings. The molecule has 2 aromatic carbocycles. The van der Waals surface area contributed by atoms with Gasteiger partial charge in [-0.3, -0.25) is 14.5 Å². The van der Waals surface area contributed by atoms with Crippen molar-refractivity contribution in [2.45, 2.75) is 32.4 Å². The number of rotatable bonds is 7. The number of benzene rings is 2. The van der Waals surface area contributed by atoms with E-state index in [1.807, 2.05) is 43.3 Å². The first-order valence-corrected chi connectivity index (χ1v) is 10.2. The van der Waals surface area contributed by atoms with E-state index in [2.05, 4.69) is 5.32 Å². The van der Waals surface area contributed by atoms with Crippen LogP contribution < -0.4 is 14.8 Å². The van der Waals surface area contributed by atoms with E-state index in [0.29, 0.717) is 24.6 Å². The quantitative estimate of drug-likeness (QED) is 0.691. The molecule has 1 N–H and O–H groups in total. The molecule has 1 fully saturated rings. The van der Waals surface area contributed by atoms with Crippen LogP contribution in [0.1, 0.15) is 25.0 Å². The number of carbonyl (C=O) groups excluding carboxylic acids is 3. The van der Waals surface area contributed by atoms with Crippen LogP contribution in [0.3, 0.4) is 0 Å². The summed E-state index contributed by atoms with van der Waals surface area (Å²) >= 11 is 0. The van der Waals surface area contributed by atoms with Crippen molar-refractivity contribution in [3.63, 3.8) is 0 Å². The van der Waals surface area contributed by atoms with Gasteiger partial charge in [-0.2, -0.15) is 0 Å². The summed E-state index contributed by atoms with van der Waals surface area (Å²) in [6, 6.07) is 14.5. The zero-order valence-electron chi connectivity index (χ0n) is 17.6. The number of carbonyl (C=O) groups is 3. The van der Waals surface area contributed by atoms with E-state index in [1.54, 1.807) is 24.0 Å². The largest absolute Gasteiger partial charge is 0.454 e. The molecule has 0 aromatic heterocycles. The van der Waals surface area contributed by atoms with Crippen molar-refractivity contribution in [2.24, 2.45) is 0 Å². The van der Waals surface area contributed by atoms with Crippen LogP contribution in [0.4, 0.5) is 4.79 Å². The highest BCUT2D eigenvalue weighted by atomic mass is 16.7. The Balaban J connectivity index is 1.44. The summed E-state index contributed by atoms with van der Waals surface area (Å²) in [6.07, 6.45) is 0.278. The number of ether oxygens (including phenoxy) is 2. The summed E-state index contributed by atoms with van der Waals surface area (Å²) in [7, 11) is 0. The van der Waals surface area contributed by atoms with Crippen LogP contribution in [0, 0.1) is 0 Å². The van der Waals surface area contributed by atoms with Gasteiger partial charge in [0.05, 0.1) is 0 Å². The van der Waals surface area contributed by atoms with Crippen molar-refractivity contribution in [3.05, 3.63) is 59.7 Å². The van der Waals surface area contributed by atoms with Gasteiger partial charge in [-0.05, 0) is 37.1 Å². The first kappa shape index (κ1) is 20.7. The van der Waals surface area contributed by atoms with Gasteiger partial charge in [0, 0.05) is 19.5 Å². The second kappa shape index (κ2) is 8.29. The predicted octanol–water partition coefficient (Wildman–Crippen LogP) is 2.32. The monoisotopic (exact) mass is 423 g/mol. The van der Waals surface area contributed by atoms with Crippen LogP contribution in [0.25, 0.3) is 0 Å². The fourth-order valence-electron chi connectivity index (χ4n) is 3.89. The summed E-state index contributed by atoms with van der Waals surface area (Å²) in [6.45, 7) is 4.32. The van der Waals surface area contributed by atoms with E-state index in [4.69, 9.17) is 9.47 Å². The number of likely N-dealkylation sites (N-methyl/N-ethyl adjacent to an activating group) is 1. The number of fused-ring (bicyclic) bond motifs is 1. The van der Waals surface area contributed by atoms with Gasteiger partial charge in [0.25, 0.3) is 5.91 Å². The van der Waals surface area contributed by atoms with Gasteiger partial charge < -0.3 is 19.7 Å². The van der Waals surface area contributed by atoms with Crippen molar-refractivity contribution in [1.29, 1.82) is 0 Å². The number of amides is 4. The van der Waals surface area contributed by atoms with Gasteiger partial charge in [0.15, 0.2) is 11.5 Å². The molecule has 0 aliphatic carbocycles. The van der Waals surface area contributed by atoms with Gasteiger partial charge >= 0.3 is 6.03 Å². The number of hydrogen-bond donors (Lipinski definition) is 1. The number of hydrogen-bond acceptors (Lipinski definition) is 5. The van der Waals surface area contributed by atoms with Crippen molar-refractivity contribution in [2.75, 3.05) is 19.9 Å². The molecule has 1 atom stereocenters. The van der Waals surface area contributed by atoms with Gasteiger partial charge in [0.2, 0.25) is 12.7 Å². The molecule has 8 heteroatoms. The number of nitrogens with one attached hydrogen (secondary N) is 1. The summed E-state index contributed by atoms with van der Waals surface area (Å²) in [5, 5.41) is 2.75. The molecule has 2 aliphatic heterocycles. The van der Waals surface area contributed by atoms with Gasteiger partial charge in [0.1, 0.15) is 12.1 Å². The molecule has 8 nitrogen and oxygen atoms in total. The second-order valence-electron chi connectivity index (χ2n) is 7.91. The zero-order valence-corrected chi connectivity index (χ0v) is 17.6. The SMILES string of the molecule is CCN(Cc1ccccc1)C(=O)CN1C(=O)N[C@@](C)(Cc2ccc3c(c2)OCO3)C1=O. The minimum atomic E-state index is -1.14. The number of urea groups is 1. The van der Waals surface area contributed by atoms with Gasteiger partial charge in [-0.25, -0.2) is 4.79 Å². The van der Waals surface area contributed by atoms with E-state index in [1.165, 1.54) is 0 Å². The minimum absolute atomic E-state index is 0.165. The topological polar surface area (TPSA) is 88.2 Å². The normalized spacial score (nSPS) is 19.5. The molecule has 31 heavy (non-hydrogen) atoms. The van der Waals surface area contributed by atoms with Gasteiger partial charge in [-0.15, -0.1) is 0 Å². The number of imide groups is 1. The lowest BCUT2D eigenvalue weighted by molar-refractivity contribution is -0.139. The molecule has 0 unspecified atom stereocenters. The Kier molecular flexibility index (Phi) is 5.54. The van der Waals surface area contributed by atoms with E-state index in [0.717, 1.165) is 16.0 Å². The van der Waals surface area contributed by atoms with E-state index in [9.17, 15) is 14.4 Å². The average Bonchev–Trinajstić information content (AvgIpc) is 3.30. The van der Waals surface area contributed by atoms with Crippen LogP contribution in [0.5, 0.6) is 11.5 Å². The summed E-state index contributed by atoms with van der Waals surface area (Å²) in [5.74, 6) is 0.576. The number of nitrogens with zero attached hydrogens (tertiary/aromatic N) is 2. The standard InChI is InChI=1S/C23H25N3O5/c1-3-25(13-16-7-5-4-6-8-16)20(27)14-26-21(28)23(2,24-22(26)29)12-17-9-10-18-19(11-17)31-15-30-18/h4-11H,3,12-15H2,1-2H3,(H,24,29)/t23-/m0/s1. The molecule has 4 amide bonds.